The van der Waals surface area contributed by atoms with Crippen LogP contribution in [-0.2, 0) is 36.2 Å². The van der Waals surface area contributed by atoms with Crippen LogP contribution >= 0.6 is 0 Å². The fraction of sp³-hybridized carbons (Fsp3) is 0.514. The molecule has 5 N–H and O–H groups in total. The minimum atomic E-state index is -4.18. The van der Waals surface area contributed by atoms with Gasteiger partial charge in [0.25, 0.3) is 15.9 Å². The van der Waals surface area contributed by atoms with Gasteiger partial charge >= 0.3 is 0 Å². The van der Waals surface area contributed by atoms with Gasteiger partial charge in [-0.3, -0.25) is 14.4 Å². The molecule has 0 aliphatic carbocycles. The standard InChI is InChI=1S/C35H53N5O5S/c1-12-24-21-26(36)18-19-28(24)46(44,45)39-31(41)23(4)20-27(22(2)3)40(11)33(43)30(34(5,6)7)38-32(42)29(37-10)35(8,9)25-16-14-13-15-17-25/h13-22,27,29-30,37H,12,36H2,1-11H3,(H,38,42)(H,39,41)/t27-,29-,30-/m1/s1. The van der Waals surface area contributed by atoms with Gasteiger partial charge in [0.15, 0.2) is 0 Å². The number of nitrogen functional groups attached to an aromatic ring is 1. The Hall–Kier alpha value is -3.70. The van der Waals surface area contributed by atoms with Crippen molar-refractivity contribution in [3.63, 3.8) is 0 Å². The third kappa shape index (κ3) is 9.19. The molecule has 46 heavy (non-hydrogen) atoms. The van der Waals surface area contributed by atoms with Crippen molar-refractivity contribution in [1.82, 2.24) is 20.3 Å². The maximum Gasteiger partial charge on any atom is 0.264 e. The molecule has 0 saturated heterocycles. The first kappa shape index (κ1) is 38.5. The average Bonchev–Trinajstić information content (AvgIpc) is 2.97. The Bertz CT molecular complexity index is 1530. The normalized spacial score (nSPS) is 14.7. The Labute approximate surface area is 275 Å². The van der Waals surface area contributed by atoms with Crippen molar-refractivity contribution in [2.24, 2.45) is 11.3 Å². The minimum absolute atomic E-state index is 0.0165. The highest BCUT2D eigenvalue weighted by molar-refractivity contribution is 7.90. The third-order valence-electron chi connectivity index (χ3n) is 8.43. The summed E-state index contributed by atoms with van der Waals surface area (Å²) in [6.07, 6.45) is 2.00. The molecule has 0 bridgehead atoms. The summed E-state index contributed by atoms with van der Waals surface area (Å²) in [6, 6.07) is 12.0. The molecule has 3 atom stereocenters. The number of carbonyl (C=O) groups excluding carboxylic acids is 3. The Morgan fingerprint density at radius 1 is 0.978 bits per heavy atom. The van der Waals surface area contributed by atoms with Gasteiger partial charge in [0, 0.05) is 23.7 Å². The molecule has 11 heteroatoms. The number of hydrogen-bond acceptors (Lipinski definition) is 7. The lowest BCUT2D eigenvalue weighted by atomic mass is 9.76. The van der Waals surface area contributed by atoms with Gasteiger partial charge in [-0.2, -0.15) is 0 Å². The van der Waals surface area contributed by atoms with Crippen LogP contribution in [0.1, 0.15) is 73.4 Å². The van der Waals surface area contributed by atoms with E-state index in [4.69, 9.17) is 5.73 Å². The van der Waals surface area contributed by atoms with E-state index in [9.17, 15) is 22.8 Å². The van der Waals surface area contributed by atoms with Crippen LogP contribution in [0.15, 0.2) is 65.1 Å². The number of hydrogen-bond donors (Lipinski definition) is 4. The number of nitrogens with two attached hydrogens (primary N) is 1. The summed E-state index contributed by atoms with van der Waals surface area (Å²) in [7, 11) is -0.828. The van der Waals surface area contributed by atoms with E-state index in [2.05, 4.69) is 15.4 Å². The number of likely N-dealkylation sites (N-methyl/N-ethyl adjacent to an activating group) is 2. The zero-order valence-electron chi connectivity index (χ0n) is 29.2. The molecule has 2 aromatic carbocycles. The molecule has 0 aromatic heterocycles. The van der Waals surface area contributed by atoms with Crippen LogP contribution in [0, 0.1) is 11.3 Å². The van der Waals surface area contributed by atoms with Crippen molar-refractivity contribution in [2.45, 2.75) is 97.2 Å². The number of sulfonamides is 1. The van der Waals surface area contributed by atoms with Gasteiger partial charge in [0.05, 0.1) is 17.0 Å². The van der Waals surface area contributed by atoms with Crippen LogP contribution in [0.5, 0.6) is 0 Å². The van der Waals surface area contributed by atoms with Gasteiger partial charge in [0.2, 0.25) is 11.8 Å². The summed E-state index contributed by atoms with van der Waals surface area (Å²) in [5, 5.41) is 6.16. The summed E-state index contributed by atoms with van der Waals surface area (Å²) in [5.41, 5.74) is 6.61. The number of nitrogens with zero attached hydrogens (tertiary/aromatic N) is 1. The zero-order chi connectivity index (χ0) is 35.2. The SMILES string of the molecule is CCc1cc(N)ccc1S(=O)(=O)NC(=O)C(C)=C[C@H](C(C)C)N(C)C(=O)[C@@H](NC(=O)[C@@H](NC)C(C)(C)c1ccccc1)C(C)(C)C. The Balaban J connectivity index is 2.36. The molecule has 10 nitrogen and oxygen atoms in total. The molecule has 0 fully saturated rings. The molecule has 0 aliphatic rings. The van der Waals surface area contributed by atoms with E-state index in [0.717, 1.165) is 5.56 Å². The molecule has 0 saturated carbocycles. The Kier molecular flexibility index (Phi) is 12.8. The number of benzene rings is 2. The first-order valence-electron chi connectivity index (χ1n) is 15.6. The number of aryl methyl sites for hydroxylation is 1. The summed E-state index contributed by atoms with van der Waals surface area (Å²) in [5.74, 6) is -1.59. The maximum absolute atomic E-state index is 14.1. The highest BCUT2D eigenvalue weighted by Gasteiger charge is 2.41. The fourth-order valence-corrected chi connectivity index (χ4v) is 6.87. The summed E-state index contributed by atoms with van der Waals surface area (Å²) in [4.78, 5) is 42.6. The fourth-order valence-electron chi connectivity index (χ4n) is 5.56. The van der Waals surface area contributed by atoms with Crippen molar-refractivity contribution in [1.29, 1.82) is 0 Å². The predicted octanol–water partition coefficient (Wildman–Crippen LogP) is 4.16. The molecule has 0 unspecified atom stereocenters. The van der Waals surface area contributed by atoms with Gasteiger partial charge in [-0.05, 0) is 61.1 Å². The summed E-state index contributed by atoms with van der Waals surface area (Å²) in [6.45, 7) is 16.7. The van der Waals surface area contributed by atoms with E-state index in [-0.39, 0.29) is 28.2 Å². The van der Waals surface area contributed by atoms with E-state index in [1.54, 1.807) is 33.2 Å². The predicted molar refractivity (Wildman–Crippen MR) is 184 cm³/mol. The van der Waals surface area contributed by atoms with E-state index >= 15 is 0 Å². The zero-order valence-corrected chi connectivity index (χ0v) is 30.0. The monoisotopic (exact) mass is 655 g/mol. The average molecular weight is 656 g/mol. The van der Waals surface area contributed by atoms with Crippen LogP contribution in [0.2, 0.25) is 0 Å². The topological polar surface area (TPSA) is 151 Å². The van der Waals surface area contributed by atoms with Crippen molar-refractivity contribution in [3.05, 3.63) is 71.3 Å². The largest absolute Gasteiger partial charge is 0.399 e. The molecule has 0 spiro atoms. The summed E-state index contributed by atoms with van der Waals surface area (Å²) >= 11 is 0. The lowest BCUT2D eigenvalue weighted by Crippen LogP contribution is -2.61. The van der Waals surface area contributed by atoms with Crippen LogP contribution in [0.25, 0.3) is 0 Å². The smallest absolute Gasteiger partial charge is 0.264 e. The van der Waals surface area contributed by atoms with Crippen molar-refractivity contribution in [3.8, 4) is 0 Å². The van der Waals surface area contributed by atoms with Crippen LogP contribution in [-0.4, -0.2) is 63.3 Å². The lowest BCUT2D eigenvalue weighted by molar-refractivity contribution is -0.140. The number of carbonyl (C=O) groups is 3. The second kappa shape index (κ2) is 15.3. The first-order chi connectivity index (χ1) is 21.2. The number of amides is 3. The molecule has 2 rings (SSSR count). The molecular weight excluding hydrogens is 602 g/mol. The minimum Gasteiger partial charge on any atom is -0.399 e. The quantitative estimate of drug-likeness (QED) is 0.187. The highest BCUT2D eigenvalue weighted by atomic mass is 32.2. The van der Waals surface area contributed by atoms with Crippen molar-refractivity contribution < 1.29 is 22.8 Å². The molecule has 0 radical (unpaired) electrons. The molecule has 0 aliphatic heterocycles. The Morgan fingerprint density at radius 2 is 1.57 bits per heavy atom. The van der Waals surface area contributed by atoms with Crippen molar-refractivity contribution in [2.75, 3.05) is 19.8 Å². The van der Waals surface area contributed by atoms with Crippen LogP contribution < -0.4 is 21.1 Å². The van der Waals surface area contributed by atoms with Gasteiger partial charge < -0.3 is 21.3 Å². The molecule has 0 heterocycles. The molecule has 2 aromatic rings. The van der Waals surface area contributed by atoms with Gasteiger partial charge in [-0.15, -0.1) is 0 Å². The molecule has 3 amide bonds. The second-order valence-corrected chi connectivity index (χ2v) is 15.5. The van der Waals surface area contributed by atoms with Crippen molar-refractivity contribution >= 4 is 33.4 Å². The lowest BCUT2D eigenvalue weighted by Gasteiger charge is -2.40. The number of nitrogens with one attached hydrogen (secondary N) is 3. The van der Waals surface area contributed by atoms with Crippen LogP contribution in [0.4, 0.5) is 5.69 Å². The van der Waals surface area contributed by atoms with Gasteiger partial charge in [-0.25, -0.2) is 13.1 Å². The third-order valence-corrected chi connectivity index (χ3v) is 9.86. The van der Waals surface area contributed by atoms with Gasteiger partial charge in [0.1, 0.15) is 6.04 Å². The second-order valence-electron chi connectivity index (χ2n) is 13.8. The van der Waals surface area contributed by atoms with E-state index in [0.29, 0.717) is 17.7 Å². The van der Waals surface area contributed by atoms with E-state index in [1.807, 2.05) is 78.8 Å². The number of anilines is 1. The molecular formula is C35H53N5O5S. The number of rotatable bonds is 13. The summed E-state index contributed by atoms with van der Waals surface area (Å²) < 4.78 is 28.4. The maximum atomic E-state index is 14.1. The van der Waals surface area contributed by atoms with Crippen LogP contribution in [0.3, 0.4) is 0 Å². The Morgan fingerprint density at radius 3 is 2.07 bits per heavy atom. The molecule has 254 valence electrons. The van der Waals surface area contributed by atoms with E-state index < -0.39 is 44.9 Å². The highest BCUT2D eigenvalue weighted by Crippen LogP contribution is 2.29. The first-order valence-corrected chi connectivity index (χ1v) is 17.1. The van der Waals surface area contributed by atoms with E-state index in [1.165, 1.54) is 24.0 Å². The van der Waals surface area contributed by atoms with Gasteiger partial charge in [-0.1, -0.05) is 91.8 Å².